The van der Waals surface area contributed by atoms with E-state index in [9.17, 15) is 9.59 Å². The molecule has 1 aromatic heterocycles. The van der Waals surface area contributed by atoms with Crippen LogP contribution in [0.2, 0.25) is 0 Å². The van der Waals surface area contributed by atoms with Crippen molar-refractivity contribution < 1.29 is 9.59 Å². The molecule has 1 aromatic rings. The van der Waals surface area contributed by atoms with E-state index in [-0.39, 0.29) is 17.7 Å². The summed E-state index contributed by atoms with van der Waals surface area (Å²) in [5.41, 5.74) is 0.380. The highest BCUT2D eigenvalue weighted by molar-refractivity contribution is 6.99. The maximum atomic E-state index is 12.4. The fourth-order valence-corrected chi connectivity index (χ4v) is 2.98. The topological polar surface area (TPSA) is 66.4 Å². The SMILES string of the molecule is CCN(CC)C(=O)[C@H]1CCCN(C(=O)c2cnsn2)C1. The van der Waals surface area contributed by atoms with Crippen molar-refractivity contribution in [3.8, 4) is 0 Å². The Morgan fingerprint density at radius 3 is 2.80 bits per heavy atom. The number of piperidine rings is 1. The van der Waals surface area contributed by atoms with Gasteiger partial charge in [-0.05, 0) is 26.7 Å². The molecule has 0 unspecified atom stereocenters. The fraction of sp³-hybridized carbons (Fsp3) is 0.692. The number of hydrogen-bond acceptors (Lipinski definition) is 5. The van der Waals surface area contributed by atoms with Gasteiger partial charge in [-0.2, -0.15) is 8.75 Å². The number of nitrogens with zero attached hydrogens (tertiary/aromatic N) is 4. The van der Waals surface area contributed by atoms with E-state index in [2.05, 4.69) is 8.75 Å². The van der Waals surface area contributed by atoms with E-state index in [0.29, 0.717) is 18.8 Å². The predicted octanol–water partition coefficient (Wildman–Crippen LogP) is 1.26. The van der Waals surface area contributed by atoms with Crippen LogP contribution in [-0.4, -0.2) is 56.5 Å². The zero-order valence-electron chi connectivity index (χ0n) is 11.9. The minimum Gasteiger partial charge on any atom is -0.343 e. The number of carbonyl (C=O) groups is 2. The van der Waals surface area contributed by atoms with Gasteiger partial charge < -0.3 is 9.80 Å². The number of hydrogen-bond donors (Lipinski definition) is 0. The second kappa shape index (κ2) is 6.78. The van der Waals surface area contributed by atoms with Crippen LogP contribution in [0, 0.1) is 5.92 Å². The first-order chi connectivity index (χ1) is 9.67. The lowest BCUT2D eigenvalue weighted by Crippen LogP contribution is -2.46. The van der Waals surface area contributed by atoms with Crippen LogP contribution in [0.4, 0.5) is 0 Å². The summed E-state index contributed by atoms with van der Waals surface area (Å²) in [5.74, 6) is -0.0427. The molecule has 1 atom stereocenters. The molecule has 2 amide bonds. The van der Waals surface area contributed by atoms with Crippen LogP contribution in [0.1, 0.15) is 37.2 Å². The van der Waals surface area contributed by atoms with Gasteiger partial charge in [0.15, 0.2) is 5.69 Å². The van der Waals surface area contributed by atoms with Crippen molar-refractivity contribution in [3.05, 3.63) is 11.9 Å². The van der Waals surface area contributed by atoms with Crippen LogP contribution in [0.3, 0.4) is 0 Å². The summed E-state index contributed by atoms with van der Waals surface area (Å²) in [5, 5.41) is 0. The third-order valence-electron chi connectivity index (χ3n) is 3.71. The van der Waals surface area contributed by atoms with E-state index in [4.69, 9.17) is 0 Å². The van der Waals surface area contributed by atoms with Crippen LogP contribution < -0.4 is 0 Å². The van der Waals surface area contributed by atoms with Crippen molar-refractivity contribution in [2.45, 2.75) is 26.7 Å². The molecule has 6 nitrogen and oxygen atoms in total. The quantitative estimate of drug-likeness (QED) is 0.839. The van der Waals surface area contributed by atoms with E-state index >= 15 is 0 Å². The Balaban J connectivity index is 2.01. The van der Waals surface area contributed by atoms with E-state index < -0.39 is 0 Å². The summed E-state index contributed by atoms with van der Waals surface area (Å²) >= 11 is 1.03. The first-order valence-electron chi connectivity index (χ1n) is 7.03. The fourth-order valence-electron chi connectivity index (χ4n) is 2.58. The average molecular weight is 296 g/mol. The van der Waals surface area contributed by atoms with Gasteiger partial charge >= 0.3 is 0 Å². The standard InChI is InChI=1S/C13H20N4O2S/c1-3-16(4-2)12(18)10-6-5-7-17(9-10)13(19)11-8-14-20-15-11/h8,10H,3-7,9H2,1-2H3/t10-/m0/s1. The third-order valence-corrected chi connectivity index (χ3v) is 4.19. The molecule has 20 heavy (non-hydrogen) atoms. The first kappa shape index (κ1) is 14.9. The van der Waals surface area contributed by atoms with E-state index in [1.54, 1.807) is 4.90 Å². The van der Waals surface area contributed by atoms with E-state index in [1.165, 1.54) is 6.20 Å². The number of likely N-dealkylation sites (tertiary alicyclic amines) is 1. The van der Waals surface area contributed by atoms with Crippen LogP contribution >= 0.6 is 11.7 Å². The lowest BCUT2D eigenvalue weighted by atomic mass is 9.96. The van der Waals surface area contributed by atoms with Gasteiger partial charge in [-0.1, -0.05) is 0 Å². The normalized spacial score (nSPS) is 18.9. The lowest BCUT2D eigenvalue weighted by Gasteiger charge is -2.34. The van der Waals surface area contributed by atoms with Crippen molar-refractivity contribution in [2.75, 3.05) is 26.2 Å². The molecular formula is C13H20N4O2S. The number of carbonyl (C=O) groups excluding carboxylic acids is 2. The molecule has 0 saturated carbocycles. The van der Waals surface area contributed by atoms with Crippen LogP contribution in [0.5, 0.6) is 0 Å². The Kier molecular flexibility index (Phi) is 5.05. The molecule has 0 spiro atoms. The second-order valence-corrected chi connectivity index (χ2v) is 5.45. The minimum atomic E-state index is -0.115. The molecule has 1 fully saturated rings. The summed E-state index contributed by atoms with van der Waals surface area (Å²) < 4.78 is 7.83. The zero-order valence-corrected chi connectivity index (χ0v) is 12.7. The molecule has 0 bridgehead atoms. The molecule has 0 aliphatic carbocycles. The Morgan fingerprint density at radius 2 is 2.20 bits per heavy atom. The van der Waals surface area contributed by atoms with E-state index in [1.807, 2.05) is 18.7 Å². The summed E-state index contributed by atoms with van der Waals surface area (Å²) in [6, 6.07) is 0. The Bertz CT molecular complexity index is 459. The minimum absolute atomic E-state index is 0.0841. The third kappa shape index (κ3) is 3.15. The van der Waals surface area contributed by atoms with Crippen molar-refractivity contribution >= 4 is 23.5 Å². The van der Waals surface area contributed by atoms with Crippen LogP contribution in [0.25, 0.3) is 0 Å². The van der Waals surface area contributed by atoms with Gasteiger partial charge in [0.1, 0.15) is 0 Å². The molecule has 0 radical (unpaired) electrons. The Morgan fingerprint density at radius 1 is 1.45 bits per heavy atom. The van der Waals surface area contributed by atoms with Crippen LogP contribution in [-0.2, 0) is 4.79 Å². The molecule has 110 valence electrons. The molecule has 0 aromatic carbocycles. The largest absolute Gasteiger partial charge is 0.343 e. The molecule has 0 N–H and O–H groups in total. The van der Waals surface area contributed by atoms with Crippen molar-refractivity contribution in [1.82, 2.24) is 18.5 Å². The summed E-state index contributed by atoms with van der Waals surface area (Å²) in [6.45, 7) is 6.58. The van der Waals surface area contributed by atoms with Crippen molar-refractivity contribution in [1.29, 1.82) is 0 Å². The molecule has 2 heterocycles. The Labute approximate surface area is 123 Å². The molecular weight excluding hydrogens is 276 g/mol. The van der Waals surface area contributed by atoms with Gasteiger partial charge in [-0.15, -0.1) is 0 Å². The summed E-state index contributed by atoms with van der Waals surface area (Å²) in [6.07, 6.45) is 3.21. The zero-order chi connectivity index (χ0) is 14.5. The first-order valence-corrected chi connectivity index (χ1v) is 7.76. The second-order valence-electron chi connectivity index (χ2n) is 4.89. The monoisotopic (exact) mass is 296 g/mol. The summed E-state index contributed by atoms with van der Waals surface area (Å²) in [4.78, 5) is 28.2. The van der Waals surface area contributed by atoms with E-state index in [0.717, 1.165) is 37.7 Å². The molecule has 1 saturated heterocycles. The molecule has 2 rings (SSSR count). The van der Waals surface area contributed by atoms with Gasteiger partial charge in [-0.3, -0.25) is 9.59 Å². The highest BCUT2D eigenvalue weighted by Gasteiger charge is 2.31. The predicted molar refractivity (Wildman–Crippen MR) is 76.5 cm³/mol. The van der Waals surface area contributed by atoms with Gasteiger partial charge in [0, 0.05) is 26.2 Å². The number of rotatable bonds is 4. The lowest BCUT2D eigenvalue weighted by molar-refractivity contribution is -0.136. The molecule has 1 aliphatic rings. The smallest absolute Gasteiger partial charge is 0.275 e. The summed E-state index contributed by atoms with van der Waals surface area (Å²) in [7, 11) is 0. The van der Waals surface area contributed by atoms with Gasteiger partial charge in [0.25, 0.3) is 5.91 Å². The average Bonchev–Trinajstić information content (AvgIpc) is 3.02. The van der Waals surface area contributed by atoms with Crippen molar-refractivity contribution in [2.24, 2.45) is 5.92 Å². The highest BCUT2D eigenvalue weighted by Crippen LogP contribution is 2.20. The van der Waals surface area contributed by atoms with Gasteiger partial charge in [-0.25, -0.2) is 0 Å². The van der Waals surface area contributed by atoms with Crippen molar-refractivity contribution in [3.63, 3.8) is 0 Å². The maximum Gasteiger partial charge on any atom is 0.275 e. The highest BCUT2D eigenvalue weighted by atomic mass is 32.1. The molecule has 7 heteroatoms. The number of amides is 2. The number of aromatic nitrogens is 2. The van der Waals surface area contributed by atoms with Crippen LogP contribution in [0.15, 0.2) is 6.20 Å². The van der Waals surface area contributed by atoms with Gasteiger partial charge in [0.2, 0.25) is 5.91 Å². The molecule has 1 aliphatic heterocycles. The maximum absolute atomic E-state index is 12.4. The Hall–Kier alpha value is -1.50. The van der Waals surface area contributed by atoms with Gasteiger partial charge in [0.05, 0.1) is 23.8 Å².